The van der Waals surface area contributed by atoms with E-state index in [4.69, 9.17) is 4.42 Å². The minimum absolute atomic E-state index is 0.0108. The lowest BCUT2D eigenvalue weighted by Crippen LogP contribution is -2.26. The maximum atomic E-state index is 7.01. The molecule has 12 aromatic rings. The Morgan fingerprint density at radius 2 is 1.03 bits per heavy atom. The molecule has 0 radical (unpaired) electrons. The van der Waals surface area contributed by atoms with Crippen LogP contribution in [0, 0.1) is 0 Å². The van der Waals surface area contributed by atoms with Crippen molar-refractivity contribution in [2.24, 2.45) is 0 Å². The third-order valence-corrected chi connectivity index (χ3v) is 15.3. The van der Waals surface area contributed by atoms with Gasteiger partial charge in [-0.15, -0.1) is 0 Å². The number of furan rings is 1. The SMILES string of the molecule is C1=Cc2c(oc3cc4ccccc4cc23)C(c2ccccc2N(c2cccc(-n3c4ccccc4c4ccccc43)c2)c2ccc3c(c2)C2(c4ccccc4-c4ccccc42)c2ccccc2-3)C1. The predicted octanol–water partition coefficient (Wildman–Crippen LogP) is 17.0. The zero-order valence-corrected chi connectivity index (χ0v) is 37.1. The summed E-state index contributed by atoms with van der Waals surface area (Å²) in [7, 11) is 0. The molecule has 1 atom stereocenters. The van der Waals surface area contributed by atoms with Crippen LogP contribution in [-0.2, 0) is 5.41 Å². The Labute approximate surface area is 394 Å². The van der Waals surface area contributed by atoms with E-state index in [2.05, 4.69) is 246 Å². The smallest absolute Gasteiger partial charge is 0.135 e. The summed E-state index contributed by atoms with van der Waals surface area (Å²) in [5.74, 6) is 1.01. The second kappa shape index (κ2) is 14.2. The van der Waals surface area contributed by atoms with Crippen LogP contribution >= 0.6 is 0 Å². The van der Waals surface area contributed by atoms with Gasteiger partial charge in [-0.1, -0.05) is 176 Å². The monoisotopic (exact) mass is 866 g/mol. The highest BCUT2D eigenvalue weighted by atomic mass is 16.3. The number of anilines is 3. The van der Waals surface area contributed by atoms with E-state index < -0.39 is 5.41 Å². The number of para-hydroxylation sites is 3. The first-order valence-electron chi connectivity index (χ1n) is 23.8. The van der Waals surface area contributed by atoms with E-state index in [0.717, 1.165) is 45.9 Å². The highest BCUT2D eigenvalue weighted by molar-refractivity contribution is 6.09. The van der Waals surface area contributed by atoms with Crippen LogP contribution in [0.1, 0.15) is 51.5 Å². The van der Waals surface area contributed by atoms with Gasteiger partial charge in [0.1, 0.15) is 11.3 Å². The van der Waals surface area contributed by atoms with Crippen molar-refractivity contribution in [2.75, 3.05) is 4.90 Å². The number of rotatable bonds is 5. The first-order valence-corrected chi connectivity index (χ1v) is 23.8. The van der Waals surface area contributed by atoms with Crippen molar-refractivity contribution in [1.82, 2.24) is 4.57 Å². The summed E-state index contributed by atoms with van der Waals surface area (Å²) in [5, 5.41) is 6.06. The highest BCUT2D eigenvalue weighted by Crippen LogP contribution is 2.63. The zero-order chi connectivity index (χ0) is 44.5. The lowest BCUT2D eigenvalue weighted by Gasteiger charge is -2.33. The van der Waals surface area contributed by atoms with Crippen LogP contribution in [0.3, 0.4) is 0 Å². The molecule has 3 nitrogen and oxygen atoms in total. The maximum absolute atomic E-state index is 7.01. The molecule has 0 saturated heterocycles. The van der Waals surface area contributed by atoms with E-state index in [-0.39, 0.29) is 5.92 Å². The Kier molecular flexibility index (Phi) is 7.83. The number of hydrogen-bond donors (Lipinski definition) is 0. The number of allylic oxidation sites excluding steroid dienone is 1. The fourth-order valence-electron chi connectivity index (χ4n) is 12.6. The third kappa shape index (κ3) is 5.08. The van der Waals surface area contributed by atoms with E-state index in [1.54, 1.807) is 0 Å². The number of aromatic nitrogens is 1. The summed E-state index contributed by atoms with van der Waals surface area (Å²) < 4.78 is 9.44. The molecule has 0 amide bonds. The quantitative estimate of drug-likeness (QED) is 0.172. The average Bonchev–Trinajstić information content (AvgIpc) is 4.12. The summed E-state index contributed by atoms with van der Waals surface area (Å²) >= 11 is 0. The maximum Gasteiger partial charge on any atom is 0.135 e. The van der Waals surface area contributed by atoms with Crippen LogP contribution in [0.5, 0.6) is 0 Å². The summed E-state index contributed by atoms with van der Waals surface area (Å²) in [5.41, 5.74) is 20.1. The fraction of sp³-hybridized carbons (Fsp3) is 0.0462. The Bertz CT molecular complexity index is 3990. The Hall–Kier alpha value is -8.66. The molecule has 10 aromatic carbocycles. The summed E-state index contributed by atoms with van der Waals surface area (Å²) in [4.78, 5) is 2.52. The van der Waals surface area contributed by atoms with Crippen molar-refractivity contribution in [3.63, 3.8) is 0 Å². The van der Waals surface area contributed by atoms with Gasteiger partial charge < -0.3 is 13.9 Å². The number of nitrogens with zero attached hydrogens (tertiary/aromatic N) is 2. The van der Waals surface area contributed by atoms with Gasteiger partial charge in [-0.25, -0.2) is 0 Å². The van der Waals surface area contributed by atoms with Crippen LogP contribution in [0.4, 0.5) is 17.1 Å². The van der Waals surface area contributed by atoms with E-state index in [1.165, 1.54) is 88.2 Å². The van der Waals surface area contributed by atoms with Gasteiger partial charge in [-0.05, 0) is 128 Å². The standard InChI is InChI=1S/C65H42N2O/c1-2-18-42-38-63-55(37-41(42)17-1)54-28-16-27-53(64(54)68-63)52-26-8-12-32-60(52)66(43-19-15-20-44(39-43)67-61-33-13-6-24-50(61)51-25-7-14-34-62(51)67)45-35-36-49-48-23-5-11-31-58(48)65(59(49)40-45)56-29-9-3-21-46(56)47-22-4-10-30-57(47)65/h1-26,28-40,53H,27H2. The van der Waals surface area contributed by atoms with Crippen molar-refractivity contribution in [1.29, 1.82) is 0 Å². The van der Waals surface area contributed by atoms with Crippen molar-refractivity contribution in [3.05, 3.63) is 270 Å². The number of hydrogen-bond acceptors (Lipinski definition) is 2. The molecule has 1 spiro atoms. The molecule has 3 aliphatic rings. The number of fused-ring (bicyclic) bond motifs is 17. The average molecular weight is 867 g/mol. The molecule has 3 aliphatic carbocycles. The van der Waals surface area contributed by atoms with Crippen LogP contribution in [0.2, 0.25) is 0 Å². The van der Waals surface area contributed by atoms with E-state index in [9.17, 15) is 0 Å². The van der Waals surface area contributed by atoms with Crippen molar-refractivity contribution < 1.29 is 4.42 Å². The van der Waals surface area contributed by atoms with Crippen LogP contribution in [0.15, 0.2) is 235 Å². The summed E-state index contributed by atoms with van der Waals surface area (Å²) in [6.45, 7) is 0. The second-order valence-corrected chi connectivity index (χ2v) is 18.7. The van der Waals surface area contributed by atoms with Gasteiger partial charge in [0.2, 0.25) is 0 Å². The number of benzene rings is 10. The minimum atomic E-state index is -0.480. The van der Waals surface area contributed by atoms with Gasteiger partial charge in [-0.3, -0.25) is 0 Å². The van der Waals surface area contributed by atoms with Gasteiger partial charge in [0, 0.05) is 44.7 Å². The first kappa shape index (κ1) is 37.5. The van der Waals surface area contributed by atoms with Gasteiger partial charge in [0.25, 0.3) is 0 Å². The molecule has 0 aliphatic heterocycles. The lowest BCUT2D eigenvalue weighted by atomic mass is 9.70. The van der Waals surface area contributed by atoms with Crippen molar-refractivity contribution in [2.45, 2.75) is 17.8 Å². The normalized spacial score (nSPS) is 14.9. The predicted molar refractivity (Wildman–Crippen MR) is 281 cm³/mol. The van der Waals surface area contributed by atoms with Gasteiger partial charge in [0.15, 0.2) is 0 Å². The fourth-order valence-corrected chi connectivity index (χ4v) is 12.6. The molecule has 2 heterocycles. The zero-order valence-electron chi connectivity index (χ0n) is 37.1. The Morgan fingerprint density at radius 3 is 1.74 bits per heavy atom. The molecule has 15 rings (SSSR count). The molecule has 3 heteroatoms. The topological polar surface area (TPSA) is 21.3 Å². The van der Waals surface area contributed by atoms with Crippen LogP contribution in [0.25, 0.3) is 77.6 Å². The molecule has 0 bridgehead atoms. The first-order chi connectivity index (χ1) is 33.7. The van der Waals surface area contributed by atoms with Crippen molar-refractivity contribution >= 4 is 66.7 Å². The summed E-state index contributed by atoms with van der Waals surface area (Å²) in [6, 6.07) is 83.3. The van der Waals surface area contributed by atoms with E-state index in [1.807, 2.05) is 0 Å². The minimum Gasteiger partial charge on any atom is -0.460 e. The molecule has 2 aromatic heterocycles. The Balaban J connectivity index is 0.986. The molecular weight excluding hydrogens is 825 g/mol. The second-order valence-electron chi connectivity index (χ2n) is 18.7. The van der Waals surface area contributed by atoms with E-state index >= 15 is 0 Å². The largest absolute Gasteiger partial charge is 0.460 e. The third-order valence-electron chi connectivity index (χ3n) is 15.3. The van der Waals surface area contributed by atoms with E-state index in [0.29, 0.717) is 0 Å². The lowest BCUT2D eigenvalue weighted by molar-refractivity contribution is 0.517. The summed E-state index contributed by atoms with van der Waals surface area (Å²) in [6.07, 6.45) is 5.44. The Morgan fingerprint density at radius 1 is 0.456 bits per heavy atom. The van der Waals surface area contributed by atoms with Gasteiger partial charge >= 0.3 is 0 Å². The van der Waals surface area contributed by atoms with Gasteiger partial charge in [0.05, 0.1) is 22.1 Å². The van der Waals surface area contributed by atoms with Crippen molar-refractivity contribution in [3.8, 4) is 27.9 Å². The van der Waals surface area contributed by atoms with Crippen LogP contribution < -0.4 is 4.90 Å². The van der Waals surface area contributed by atoms with Crippen LogP contribution in [-0.4, -0.2) is 4.57 Å². The van der Waals surface area contributed by atoms with Gasteiger partial charge in [-0.2, -0.15) is 0 Å². The molecule has 0 fully saturated rings. The molecule has 1 unspecified atom stereocenters. The molecule has 318 valence electrons. The highest BCUT2D eigenvalue weighted by Gasteiger charge is 2.51. The molecule has 0 saturated carbocycles. The molecule has 0 N–H and O–H groups in total. The molecule has 68 heavy (non-hydrogen) atoms. The molecular formula is C65H42N2O.